The van der Waals surface area contributed by atoms with E-state index in [9.17, 15) is 9.18 Å². The molecule has 0 saturated carbocycles. The zero-order valence-electron chi connectivity index (χ0n) is 18.2. The highest BCUT2D eigenvalue weighted by Crippen LogP contribution is 2.24. The summed E-state index contributed by atoms with van der Waals surface area (Å²) in [6.07, 6.45) is 1.64. The fourth-order valence-corrected chi connectivity index (χ4v) is 3.85. The Labute approximate surface area is 189 Å². The second-order valence-electron chi connectivity index (χ2n) is 7.74. The molecule has 0 spiro atoms. The van der Waals surface area contributed by atoms with E-state index in [2.05, 4.69) is 10.1 Å². The van der Waals surface area contributed by atoms with Crippen molar-refractivity contribution < 1.29 is 9.13 Å². The van der Waals surface area contributed by atoms with Gasteiger partial charge >= 0.3 is 0 Å². The van der Waals surface area contributed by atoms with Gasteiger partial charge < -0.3 is 4.74 Å². The zero-order valence-corrected chi connectivity index (χ0v) is 18.2. The summed E-state index contributed by atoms with van der Waals surface area (Å²) < 4.78 is 23.1. The molecule has 0 fully saturated rings. The molecule has 0 amide bonds. The predicted molar refractivity (Wildman–Crippen MR) is 124 cm³/mol. The zero-order chi connectivity index (χ0) is 22.9. The molecule has 5 rings (SSSR count). The molecule has 0 unspecified atom stereocenters. The van der Waals surface area contributed by atoms with Crippen molar-refractivity contribution in [3.8, 4) is 22.7 Å². The van der Waals surface area contributed by atoms with E-state index in [1.54, 1.807) is 48.1 Å². The first-order valence-corrected chi connectivity index (χ1v) is 10.5. The van der Waals surface area contributed by atoms with Crippen molar-refractivity contribution in [2.24, 2.45) is 0 Å². The van der Waals surface area contributed by atoms with Gasteiger partial charge in [0.05, 0.1) is 16.9 Å². The number of benzene rings is 2. The third-order valence-corrected chi connectivity index (χ3v) is 5.48. The van der Waals surface area contributed by atoms with Crippen LogP contribution >= 0.6 is 0 Å². The number of aryl methyl sites for hydroxylation is 2. The van der Waals surface area contributed by atoms with Crippen molar-refractivity contribution in [1.82, 2.24) is 19.2 Å². The van der Waals surface area contributed by atoms with Crippen molar-refractivity contribution in [3.63, 3.8) is 0 Å². The lowest BCUT2D eigenvalue weighted by Gasteiger charge is -2.12. The van der Waals surface area contributed by atoms with Gasteiger partial charge in [0.15, 0.2) is 11.4 Å². The van der Waals surface area contributed by atoms with E-state index >= 15 is 0 Å². The summed E-state index contributed by atoms with van der Waals surface area (Å²) in [5, 5.41) is 4.68. The second kappa shape index (κ2) is 8.35. The quantitative estimate of drug-likeness (QED) is 0.391. The Morgan fingerprint density at radius 2 is 1.73 bits per heavy atom. The van der Waals surface area contributed by atoms with E-state index in [0.717, 1.165) is 11.4 Å². The Morgan fingerprint density at radius 1 is 0.970 bits per heavy atom. The number of para-hydroxylation sites is 1. The molecule has 33 heavy (non-hydrogen) atoms. The number of ether oxygens (including phenoxy) is 1. The van der Waals surface area contributed by atoms with Crippen LogP contribution in [-0.4, -0.2) is 19.2 Å². The fraction of sp³-hybridized carbons (Fsp3) is 0.115. The maximum Gasteiger partial charge on any atom is 0.267 e. The fourth-order valence-electron chi connectivity index (χ4n) is 3.85. The number of aromatic nitrogens is 4. The summed E-state index contributed by atoms with van der Waals surface area (Å²) in [6, 6.07) is 21.5. The van der Waals surface area contributed by atoms with E-state index in [0.29, 0.717) is 33.9 Å². The number of fused-ring (bicyclic) bond motifs is 1. The van der Waals surface area contributed by atoms with Crippen LogP contribution in [0.25, 0.3) is 22.6 Å². The van der Waals surface area contributed by atoms with E-state index in [4.69, 9.17) is 4.74 Å². The molecule has 0 atom stereocenters. The minimum absolute atomic E-state index is 0.0314. The molecule has 2 aromatic carbocycles. The molecule has 0 bridgehead atoms. The second-order valence-corrected chi connectivity index (χ2v) is 7.74. The number of nitrogens with zero attached hydrogens (tertiary/aromatic N) is 4. The molecule has 0 aliphatic heterocycles. The summed E-state index contributed by atoms with van der Waals surface area (Å²) >= 11 is 0. The van der Waals surface area contributed by atoms with E-state index in [1.165, 1.54) is 10.5 Å². The van der Waals surface area contributed by atoms with Crippen LogP contribution in [0.3, 0.4) is 0 Å². The molecular weight excluding hydrogens is 419 g/mol. The summed E-state index contributed by atoms with van der Waals surface area (Å²) in [6.45, 7) is 3.75. The normalized spacial score (nSPS) is 11.1. The van der Waals surface area contributed by atoms with E-state index < -0.39 is 0 Å². The molecule has 0 radical (unpaired) electrons. The molecule has 3 heterocycles. The van der Waals surface area contributed by atoms with Gasteiger partial charge in [-0.25, -0.2) is 14.1 Å². The molecular formula is C26H21FN4O2. The number of hydrogen-bond donors (Lipinski definition) is 0. The Morgan fingerprint density at radius 3 is 2.52 bits per heavy atom. The summed E-state index contributed by atoms with van der Waals surface area (Å²) in [5.74, 6) is 0.0594. The molecule has 0 saturated heterocycles. The molecule has 0 N–H and O–H groups in total. The molecule has 3 aromatic heterocycles. The maximum atomic E-state index is 14.0. The monoisotopic (exact) mass is 440 g/mol. The van der Waals surface area contributed by atoms with Gasteiger partial charge in [0, 0.05) is 17.5 Å². The van der Waals surface area contributed by atoms with Crippen LogP contribution < -0.4 is 10.3 Å². The van der Waals surface area contributed by atoms with Crippen molar-refractivity contribution >= 4 is 5.65 Å². The highest BCUT2D eigenvalue weighted by molar-refractivity contribution is 5.65. The van der Waals surface area contributed by atoms with Crippen LogP contribution in [0.5, 0.6) is 5.75 Å². The predicted octanol–water partition coefficient (Wildman–Crippen LogP) is 4.88. The SMILES string of the molecule is Cc1nc2c(OCc3ccccc3F)cccn2c(=O)c1-c1cc(C)n(-c2ccccc2)n1. The lowest BCUT2D eigenvalue weighted by molar-refractivity contribution is 0.301. The van der Waals surface area contributed by atoms with E-state index in [1.807, 2.05) is 43.3 Å². The van der Waals surface area contributed by atoms with Crippen molar-refractivity contribution in [1.29, 1.82) is 0 Å². The van der Waals surface area contributed by atoms with Gasteiger partial charge in [-0.1, -0.05) is 36.4 Å². The Kier molecular flexibility index (Phi) is 5.22. The first-order chi connectivity index (χ1) is 16.0. The maximum absolute atomic E-state index is 14.0. The van der Waals surface area contributed by atoms with Gasteiger partial charge in [-0.15, -0.1) is 0 Å². The number of halogens is 1. The lowest BCUT2D eigenvalue weighted by Crippen LogP contribution is -2.19. The van der Waals surface area contributed by atoms with E-state index in [-0.39, 0.29) is 18.0 Å². The molecule has 0 aliphatic rings. The lowest BCUT2D eigenvalue weighted by atomic mass is 10.1. The third kappa shape index (κ3) is 3.78. The Hall–Kier alpha value is -4.26. The van der Waals surface area contributed by atoms with Gasteiger partial charge in [0.1, 0.15) is 18.1 Å². The van der Waals surface area contributed by atoms with Gasteiger partial charge in [0.25, 0.3) is 5.56 Å². The topological polar surface area (TPSA) is 61.4 Å². The van der Waals surface area contributed by atoms with Crippen LogP contribution in [0.2, 0.25) is 0 Å². The number of hydrogen-bond acceptors (Lipinski definition) is 4. The Bertz CT molecular complexity index is 1520. The first kappa shape index (κ1) is 20.6. The third-order valence-electron chi connectivity index (χ3n) is 5.48. The van der Waals surface area contributed by atoms with Crippen LogP contribution in [0.4, 0.5) is 4.39 Å². The standard InChI is InChI=1S/C26H21FN4O2/c1-17-15-22(29-31(17)20-10-4-3-5-11-20)24-18(2)28-25-23(13-8-14-30(25)26(24)32)33-16-19-9-6-7-12-21(19)27/h3-15H,16H2,1-2H3. The smallest absolute Gasteiger partial charge is 0.267 e. The average Bonchev–Trinajstić information content (AvgIpc) is 3.20. The van der Waals surface area contributed by atoms with Crippen molar-refractivity contribution in [2.75, 3.05) is 0 Å². The van der Waals surface area contributed by atoms with Gasteiger partial charge in [0.2, 0.25) is 0 Å². The minimum atomic E-state index is -0.342. The molecule has 0 aliphatic carbocycles. The van der Waals surface area contributed by atoms with Crippen LogP contribution in [-0.2, 0) is 6.61 Å². The highest BCUT2D eigenvalue weighted by Gasteiger charge is 2.18. The molecule has 164 valence electrons. The molecule has 6 nitrogen and oxygen atoms in total. The van der Waals surface area contributed by atoms with Crippen molar-refractivity contribution in [3.05, 3.63) is 112 Å². The largest absolute Gasteiger partial charge is 0.485 e. The summed E-state index contributed by atoms with van der Waals surface area (Å²) in [4.78, 5) is 18.1. The summed E-state index contributed by atoms with van der Waals surface area (Å²) in [5.41, 5.74) is 3.90. The number of pyridine rings is 1. The average molecular weight is 440 g/mol. The van der Waals surface area contributed by atoms with Gasteiger partial charge in [-0.3, -0.25) is 9.20 Å². The molecule has 7 heteroatoms. The highest BCUT2D eigenvalue weighted by atomic mass is 19.1. The Balaban J connectivity index is 1.56. The van der Waals surface area contributed by atoms with Crippen molar-refractivity contribution in [2.45, 2.75) is 20.5 Å². The first-order valence-electron chi connectivity index (χ1n) is 10.5. The van der Waals surface area contributed by atoms with Crippen LogP contribution in [0.15, 0.2) is 83.8 Å². The number of rotatable bonds is 5. The summed E-state index contributed by atoms with van der Waals surface area (Å²) in [7, 11) is 0. The minimum Gasteiger partial charge on any atom is -0.485 e. The molecule has 5 aromatic rings. The van der Waals surface area contributed by atoms with Gasteiger partial charge in [-0.2, -0.15) is 5.10 Å². The van der Waals surface area contributed by atoms with Gasteiger partial charge in [-0.05, 0) is 50.2 Å². The van der Waals surface area contributed by atoms with Crippen LogP contribution in [0, 0.1) is 19.7 Å². The van der Waals surface area contributed by atoms with Crippen LogP contribution in [0.1, 0.15) is 17.0 Å².